The fourth-order valence-corrected chi connectivity index (χ4v) is 5.01. The fourth-order valence-electron chi connectivity index (χ4n) is 3.94. The topological polar surface area (TPSA) is 60.9 Å². The van der Waals surface area contributed by atoms with Crippen molar-refractivity contribution in [3.05, 3.63) is 95.0 Å². The highest BCUT2D eigenvalue weighted by molar-refractivity contribution is 7.92. The molecular formula is C25H26ClN3O3S. The van der Waals surface area contributed by atoms with Crippen LogP contribution in [0.3, 0.4) is 0 Å². The Bertz CT molecular complexity index is 1210. The van der Waals surface area contributed by atoms with Crippen molar-refractivity contribution < 1.29 is 13.2 Å². The minimum absolute atomic E-state index is 0.0497. The largest absolute Gasteiger partial charge is 0.368 e. The van der Waals surface area contributed by atoms with E-state index in [0.29, 0.717) is 34.9 Å². The second kappa shape index (κ2) is 9.85. The maximum absolute atomic E-state index is 13.0. The number of para-hydroxylation sites is 1. The molecule has 1 aliphatic rings. The fraction of sp³-hybridized carbons (Fsp3) is 0.240. The van der Waals surface area contributed by atoms with Gasteiger partial charge in [-0.2, -0.15) is 0 Å². The summed E-state index contributed by atoms with van der Waals surface area (Å²) in [5, 5.41) is 0.507. The second-order valence-electron chi connectivity index (χ2n) is 8.02. The van der Waals surface area contributed by atoms with Gasteiger partial charge >= 0.3 is 0 Å². The molecule has 1 fully saturated rings. The summed E-state index contributed by atoms with van der Waals surface area (Å²) in [6.45, 7) is 2.93. The maximum Gasteiger partial charge on any atom is 0.253 e. The molecule has 0 bridgehead atoms. The first-order valence-electron chi connectivity index (χ1n) is 10.7. The van der Waals surface area contributed by atoms with E-state index in [1.807, 2.05) is 29.2 Å². The van der Waals surface area contributed by atoms with Gasteiger partial charge in [0.05, 0.1) is 18.5 Å². The third-order valence-electron chi connectivity index (χ3n) is 5.76. The molecule has 33 heavy (non-hydrogen) atoms. The molecule has 0 N–H and O–H groups in total. The molecule has 0 atom stereocenters. The van der Waals surface area contributed by atoms with Gasteiger partial charge in [0.1, 0.15) is 0 Å². The molecule has 172 valence electrons. The van der Waals surface area contributed by atoms with Crippen LogP contribution in [0.1, 0.15) is 15.9 Å². The third kappa shape index (κ3) is 5.49. The summed E-state index contributed by atoms with van der Waals surface area (Å²) in [6, 6.07) is 24.0. The van der Waals surface area contributed by atoms with Crippen LogP contribution < -0.4 is 9.21 Å². The van der Waals surface area contributed by atoms with Gasteiger partial charge in [-0.25, -0.2) is 8.42 Å². The number of carbonyl (C=O) groups is 1. The first kappa shape index (κ1) is 23.1. The van der Waals surface area contributed by atoms with E-state index in [9.17, 15) is 13.2 Å². The lowest BCUT2D eigenvalue weighted by Gasteiger charge is -2.36. The van der Waals surface area contributed by atoms with Crippen molar-refractivity contribution >= 4 is 38.9 Å². The van der Waals surface area contributed by atoms with Gasteiger partial charge in [0.15, 0.2) is 0 Å². The number of benzene rings is 3. The highest BCUT2D eigenvalue weighted by Crippen LogP contribution is 2.25. The molecule has 0 saturated carbocycles. The number of carbonyl (C=O) groups excluding carboxylic acids is 1. The standard InChI is InChI=1S/C25H26ClN3O3S/c1-33(31,32)29(19-21-7-5-6-10-24(21)26)23-13-11-20(12-14-23)25(30)28-17-15-27(16-18-28)22-8-3-2-4-9-22/h2-14H,15-19H2,1H3. The first-order chi connectivity index (χ1) is 15.8. The van der Waals surface area contributed by atoms with E-state index < -0.39 is 10.0 Å². The molecule has 0 aliphatic carbocycles. The van der Waals surface area contributed by atoms with Crippen LogP contribution in [0, 0.1) is 0 Å². The number of hydrogen-bond donors (Lipinski definition) is 0. The van der Waals surface area contributed by atoms with Crippen LogP contribution in [0.5, 0.6) is 0 Å². The Kier molecular flexibility index (Phi) is 6.91. The van der Waals surface area contributed by atoms with E-state index in [0.717, 1.165) is 25.0 Å². The molecule has 3 aromatic rings. The number of hydrogen-bond acceptors (Lipinski definition) is 4. The molecule has 0 spiro atoms. The quantitative estimate of drug-likeness (QED) is 0.525. The third-order valence-corrected chi connectivity index (χ3v) is 7.27. The Hall–Kier alpha value is -3.03. The molecule has 8 heteroatoms. The molecule has 0 radical (unpaired) electrons. The van der Waals surface area contributed by atoms with Gasteiger partial charge in [-0.05, 0) is 48.0 Å². The van der Waals surface area contributed by atoms with E-state index in [4.69, 9.17) is 11.6 Å². The molecule has 0 unspecified atom stereocenters. The molecule has 1 amide bonds. The number of piperazine rings is 1. The second-order valence-corrected chi connectivity index (χ2v) is 10.3. The summed E-state index contributed by atoms with van der Waals surface area (Å²) < 4.78 is 26.2. The van der Waals surface area contributed by atoms with Gasteiger partial charge in [-0.15, -0.1) is 0 Å². The zero-order chi connectivity index (χ0) is 23.4. The van der Waals surface area contributed by atoms with Crippen molar-refractivity contribution in [2.24, 2.45) is 0 Å². The molecule has 1 heterocycles. The number of rotatable bonds is 6. The van der Waals surface area contributed by atoms with Crippen molar-refractivity contribution in [2.75, 3.05) is 41.6 Å². The molecule has 3 aromatic carbocycles. The molecule has 1 aliphatic heterocycles. The van der Waals surface area contributed by atoms with Crippen LogP contribution in [-0.4, -0.2) is 51.7 Å². The van der Waals surface area contributed by atoms with E-state index in [2.05, 4.69) is 17.0 Å². The van der Waals surface area contributed by atoms with Gasteiger partial charge in [0.25, 0.3) is 5.91 Å². The van der Waals surface area contributed by atoms with Crippen LogP contribution in [0.2, 0.25) is 5.02 Å². The summed E-state index contributed by atoms with van der Waals surface area (Å²) in [6.07, 6.45) is 1.16. The minimum Gasteiger partial charge on any atom is -0.368 e. The highest BCUT2D eigenvalue weighted by Gasteiger charge is 2.23. The first-order valence-corrected chi connectivity index (χ1v) is 13.0. The minimum atomic E-state index is -3.55. The van der Waals surface area contributed by atoms with Crippen LogP contribution in [-0.2, 0) is 16.6 Å². The molecule has 1 saturated heterocycles. The average molecular weight is 484 g/mol. The van der Waals surface area contributed by atoms with Gasteiger partial charge in [0, 0.05) is 42.5 Å². The lowest BCUT2D eigenvalue weighted by Crippen LogP contribution is -2.48. The zero-order valence-corrected chi connectivity index (χ0v) is 20.0. The van der Waals surface area contributed by atoms with Gasteiger partial charge in [-0.1, -0.05) is 48.0 Å². The van der Waals surface area contributed by atoms with Crippen molar-refractivity contribution in [2.45, 2.75) is 6.54 Å². The van der Waals surface area contributed by atoms with Crippen molar-refractivity contribution in [1.82, 2.24) is 4.90 Å². The van der Waals surface area contributed by atoms with E-state index in [-0.39, 0.29) is 12.5 Å². The van der Waals surface area contributed by atoms with E-state index >= 15 is 0 Å². The Balaban J connectivity index is 1.45. The predicted octanol–water partition coefficient (Wildman–Crippen LogP) is 4.27. The van der Waals surface area contributed by atoms with Gasteiger partial charge in [0.2, 0.25) is 10.0 Å². The average Bonchev–Trinajstić information content (AvgIpc) is 2.83. The Labute approximate surface area is 200 Å². The molecule has 4 rings (SSSR count). The van der Waals surface area contributed by atoms with E-state index in [1.54, 1.807) is 42.5 Å². The predicted molar refractivity (Wildman–Crippen MR) is 133 cm³/mol. The van der Waals surface area contributed by atoms with Crippen molar-refractivity contribution in [1.29, 1.82) is 0 Å². The summed E-state index contributed by atoms with van der Waals surface area (Å²) in [7, 11) is -3.55. The van der Waals surface area contributed by atoms with Crippen LogP contribution in [0.4, 0.5) is 11.4 Å². The van der Waals surface area contributed by atoms with E-state index in [1.165, 1.54) is 4.31 Å². The van der Waals surface area contributed by atoms with Crippen LogP contribution in [0.25, 0.3) is 0 Å². The normalized spacial score (nSPS) is 14.2. The number of nitrogens with zero attached hydrogens (tertiary/aromatic N) is 3. The number of amides is 1. The Morgan fingerprint density at radius 3 is 2.09 bits per heavy atom. The highest BCUT2D eigenvalue weighted by atomic mass is 35.5. The number of anilines is 2. The maximum atomic E-state index is 13.0. The summed E-state index contributed by atoms with van der Waals surface area (Å²) in [5.74, 6) is -0.0497. The van der Waals surface area contributed by atoms with Crippen LogP contribution >= 0.6 is 11.6 Å². The summed E-state index contributed by atoms with van der Waals surface area (Å²) >= 11 is 6.23. The summed E-state index contributed by atoms with van der Waals surface area (Å²) in [4.78, 5) is 17.1. The SMILES string of the molecule is CS(=O)(=O)N(Cc1ccccc1Cl)c1ccc(C(=O)N2CCN(c3ccccc3)CC2)cc1. The number of sulfonamides is 1. The van der Waals surface area contributed by atoms with Gasteiger partial charge in [-0.3, -0.25) is 9.10 Å². The monoisotopic (exact) mass is 483 g/mol. The lowest BCUT2D eigenvalue weighted by molar-refractivity contribution is 0.0747. The smallest absolute Gasteiger partial charge is 0.253 e. The molecular weight excluding hydrogens is 458 g/mol. The summed E-state index contributed by atoms with van der Waals surface area (Å²) in [5.41, 5.74) is 2.90. The Morgan fingerprint density at radius 1 is 0.879 bits per heavy atom. The van der Waals surface area contributed by atoms with Crippen molar-refractivity contribution in [3.8, 4) is 0 Å². The lowest BCUT2D eigenvalue weighted by atomic mass is 10.1. The molecule has 0 aromatic heterocycles. The van der Waals surface area contributed by atoms with Crippen molar-refractivity contribution in [3.63, 3.8) is 0 Å². The van der Waals surface area contributed by atoms with Gasteiger partial charge < -0.3 is 9.80 Å². The Morgan fingerprint density at radius 2 is 1.48 bits per heavy atom. The number of halogens is 1. The zero-order valence-electron chi connectivity index (χ0n) is 18.4. The molecule has 6 nitrogen and oxygen atoms in total. The van der Waals surface area contributed by atoms with Crippen LogP contribution in [0.15, 0.2) is 78.9 Å².